The molecule has 2 aromatic rings. The molecular formula is C16H16O3. The van der Waals surface area contributed by atoms with E-state index in [1.54, 1.807) is 0 Å². The average molecular weight is 256 g/mol. The fourth-order valence-corrected chi connectivity index (χ4v) is 2.46. The molecule has 0 aliphatic carbocycles. The van der Waals surface area contributed by atoms with Crippen LogP contribution in [-0.2, 0) is 4.74 Å². The van der Waals surface area contributed by atoms with Crippen LogP contribution in [-0.4, -0.2) is 30.7 Å². The molecule has 0 saturated carbocycles. The topological polar surface area (TPSA) is 46.5 Å². The summed E-state index contributed by atoms with van der Waals surface area (Å²) in [6.45, 7) is 2.52. The molecule has 0 unspecified atom stereocenters. The lowest BCUT2D eigenvalue weighted by atomic mass is 9.79. The Morgan fingerprint density at radius 1 is 1.21 bits per heavy atom. The Morgan fingerprint density at radius 2 is 1.89 bits per heavy atom. The van der Waals surface area contributed by atoms with Crippen LogP contribution in [0.15, 0.2) is 36.4 Å². The normalized spacial score (nSPS) is 17.2. The zero-order valence-corrected chi connectivity index (χ0v) is 10.8. The zero-order valence-electron chi connectivity index (χ0n) is 10.8. The maximum absolute atomic E-state index is 12.5. The van der Waals surface area contributed by atoms with Gasteiger partial charge in [-0.15, -0.1) is 0 Å². The van der Waals surface area contributed by atoms with Crippen LogP contribution in [0.25, 0.3) is 10.8 Å². The van der Waals surface area contributed by atoms with Crippen LogP contribution < -0.4 is 0 Å². The molecule has 19 heavy (non-hydrogen) atoms. The SMILES string of the molecule is Cc1ccc2cc(C(=O)C3(CO)COC3)ccc2c1. The van der Waals surface area contributed by atoms with Crippen molar-refractivity contribution < 1.29 is 14.6 Å². The second-order valence-electron chi connectivity index (χ2n) is 5.33. The molecule has 3 heteroatoms. The molecule has 1 saturated heterocycles. The van der Waals surface area contributed by atoms with E-state index in [1.807, 2.05) is 37.3 Å². The third-order valence-electron chi connectivity index (χ3n) is 3.80. The predicted octanol–water partition coefficient (Wildman–Crippen LogP) is 2.34. The number of hydrogen-bond donors (Lipinski definition) is 1. The summed E-state index contributed by atoms with van der Waals surface area (Å²) in [6.07, 6.45) is 0. The number of aliphatic hydroxyl groups is 1. The lowest BCUT2D eigenvalue weighted by Crippen LogP contribution is -2.51. The monoisotopic (exact) mass is 256 g/mol. The van der Waals surface area contributed by atoms with Gasteiger partial charge in [-0.1, -0.05) is 35.9 Å². The van der Waals surface area contributed by atoms with Crippen molar-refractivity contribution >= 4 is 16.6 Å². The van der Waals surface area contributed by atoms with Crippen LogP contribution in [0, 0.1) is 12.3 Å². The fourth-order valence-electron chi connectivity index (χ4n) is 2.46. The number of carbonyl (C=O) groups is 1. The van der Waals surface area contributed by atoms with Crippen LogP contribution >= 0.6 is 0 Å². The molecule has 1 aliphatic heterocycles. The summed E-state index contributed by atoms with van der Waals surface area (Å²) in [5, 5.41) is 11.6. The molecule has 0 atom stereocenters. The van der Waals surface area contributed by atoms with E-state index in [9.17, 15) is 9.90 Å². The Morgan fingerprint density at radius 3 is 2.53 bits per heavy atom. The van der Waals surface area contributed by atoms with E-state index in [0.29, 0.717) is 18.8 Å². The Hall–Kier alpha value is -1.71. The molecule has 0 spiro atoms. The molecule has 0 radical (unpaired) electrons. The number of hydrogen-bond acceptors (Lipinski definition) is 3. The van der Waals surface area contributed by atoms with E-state index in [-0.39, 0.29) is 12.4 Å². The predicted molar refractivity (Wildman–Crippen MR) is 73.4 cm³/mol. The van der Waals surface area contributed by atoms with Crippen molar-refractivity contribution in [1.29, 1.82) is 0 Å². The van der Waals surface area contributed by atoms with Gasteiger partial charge in [0, 0.05) is 5.56 Å². The summed E-state index contributed by atoms with van der Waals surface area (Å²) in [4.78, 5) is 12.5. The number of rotatable bonds is 3. The van der Waals surface area contributed by atoms with Crippen molar-refractivity contribution in [1.82, 2.24) is 0 Å². The van der Waals surface area contributed by atoms with Crippen molar-refractivity contribution in [2.75, 3.05) is 19.8 Å². The van der Waals surface area contributed by atoms with Crippen LogP contribution in [0.2, 0.25) is 0 Å². The van der Waals surface area contributed by atoms with Crippen molar-refractivity contribution in [3.63, 3.8) is 0 Å². The second-order valence-corrected chi connectivity index (χ2v) is 5.33. The van der Waals surface area contributed by atoms with Gasteiger partial charge in [0.1, 0.15) is 5.41 Å². The molecule has 2 aromatic carbocycles. The van der Waals surface area contributed by atoms with E-state index in [4.69, 9.17) is 4.74 Å². The Labute approximate surface area is 111 Å². The van der Waals surface area contributed by atoms with Gasteiger partial charge in [0.15, 0.2) is 5.78 Å². The fraction of sp³-hybridized carbons (Fsp3) is 0.312. The number of ketones is 1. The summed E-state index contributed by atoms with van der Waals surface area (Å²) in [7, 11) is 0. The van der Waals surface area contributed by atoms with Crippen molar-refractivity contribution in [2.24, 2.45) is 5.41 Å². The van der Waals surface area contributed by atoms with Crippen LogP contribution in [0.4, 0.5) is 0 Å². The number of Topliss-reactive ketones (excluding diaryl/α,β-unsaturated/α-hetero) is 1. The molecule has 0 aromatic heterocycles. The van der Waals surface area contributed by atoms with E-state index >= 15 is 0 Å². The molecule has 1 fully saturated rings. The standard InChI is InChI=1S/C16H16O3/c1-11-2-3-13-7-14(5-4-12(13)6-11)15(18)16(8-17)9-19-10-16/h2-7,17H,8-10H2,1H3. The first-order valence-corrected chi connectivity index (χ1v) is 6.38. The maximum Gasteiger partial charge on any atom is 0.175 e. The van der Waals surface area contributed by atoms with Gasteiger partial charge in [-0.25, -0.2) is 0 Å². The number of benzene rings is 2. The second kappa shape index (κ2) is 4.44. The van der Waals surface area contributed by atoms with E-state index in [0.717, 1.165) is 10.8 Å². The zero-order chi connectivity index (χ0) is 13.5. The minimum atomic E-state index is -0.724. The molecule has 1 aliphatic rings. The van der Waals surface area contributed by atoms with E-state index in [2.05, 4.69) is 6.07 Å². The molecule has 1 N–H and O–H groups in total. The highest BCUT2D eigenvalue weighted by Gasteiger charge is 2.45. The number of aryl methyl sites for hydroxylation is 1. The van der Waals surface area contributed by atoms with Gasteiger partial charge in [0.25, 0.3) is 0 Å². The summed E-state index contributed by atoms with van der Waals surface area (Å²) in [6, 6.07) is 11.8. The Balaban J connectivity index is 2.01. The van der Waals surface area contributed by atoms with Crippen molar-refractivity contribution in [3.8, 4) is 0 Å². The summed E-state index contributed by atoms with van der Waals surface area (Å²) < 4.78 is 5.09. The summed E-state index contributed by atoms with van der Waals surface area (Å²) >= 11 is 0. The number of ether oxygens (including phenoxy) is 1. The van der Waals surface area contributed by atoms with Crippen molar-refractivity contribution in [3.05, 3.63) is 47.5 Å². The smallest absolute Gasteiger partial charge is 0.175 e. The lowest BCUT2D eigenvalue weighted by molar-refractivity contribution is -0.109. The highest BCUT2D eigenvalue weighted by molar-refractivity contribution is 6.04. The minimum absolute atomic E-state index is 0.0243. The van der Waals surface area contributed by atoms with Gasteiger partial charge in [-0.2, -0.15) is 0 Å². The maximum atomic E-state index is 12.5. The molecular weight excluding hydrogens is 240 g/mol. The molecule has 0 bridgehead atoms. The minimum Gasteiger partial charge on any atom is -0.395 e. The van der Waals surface area contributed by atoms with Gasteiger partial charge >= 0.3 is 0 Å². The number of fused-ring (bicyclic) bond motifs is 1. The van der Waals surface area contributed by atoms with E-state index < -0.39 is 5.41 Å². The number of aliphatic hydroxyl groups excluding tert-OH is 1. The first-order chi connectivity index (χ1) is 9.14. The molecule has 3 rings (SSSR count). The largest absolute Gasteiger partial charge is 0.395 e. The first kappa shape index (κ1) is 12.3. The lowest BCUT2D eigenvalue weighted by Gasteiger charge is -2.38. The summed E-state index contributed by atoms with van der Waals surface area (Å²) in [5.74, 6) is -0.0243. The number of carbonyl (C=O) groups excluding carboxylic acids is 1. The summed E-state index contributed by atoms with van der Waals surface area (Å²) in [5.41, 5.74) is 1.12. The van der Waals surface area contributed by atoms with Crippen LogP contribution in [0.1, 0.15) is 15.9 Å². The molecule has 3 nitrogen and oxygen atoms in total. The van der Waals surface area contributed by atoms with Gasteiger partial charge < -0.3 is 9.84 Å². The van der Waals surface area contributed by atoms with Gasteiger partial charge in [-0.05, 0) is 23.8 Å². The Bertz CT molecular complexity index is 636. The average Bonchev–Trinajstić information content (AvgIpc) is 2.37. The quantitative estimate of drug-likeness (QED) is 0.857. The highest BCUT2D eigenvalue weighted by Crippen LogP contribution is 2.32. The molecule has 98 valence electrons. The van der Waals surface area contributed by atoms with Crippen LogP contribution in [0.5, 0.6) is 0 Å². The third-order valence-corrected chi connectivity index (χ3v) is 3.80. The molecule has 1 heterocycles. The van der Waals surface area contributed by atoms with Crippen LogP contribution in [0.3, 0.4) is 0 Å². The Kier molecular flexibility index (Phi) is 2.88. The van der Waals surface area contributed by atoms with Gasteiger partial charge in [-0.3, -0.25) is 4.79 Å². The van der Waals surface area contributed by atoms with Gasteiger partial charge in [0.2, 0.25) is 0 Å². The highest BCUT2D eigenvalue weighted by atomic mass is 16.5. The molecule has 0 amide bonds. The third kappa shape index (κ3) is 1.95. The van der Waals surface area contributed by atoms with Crippen molar-refractivity contribution in [2.45, 2.75) is 6.92 Å². The first-order valence-electron chi connectivity index (χ1n) is 6.38. The van der Waals surface area contributed by atoms with E-state index in [1.165, 1.54) is 5.56 Å². The van der Waals surface area contributed by atoms with Gasteiger partial charge in [0.05, 0.1) is 19.8 Å².